The van der Waals surface area contributed by atoms with Crippen molar-refractivity contribution in [2.75, 3.05) is 46.9 Å². The van der Waals surface area contributed by atoms with E-state index in [1.54, 1.807) is 21.1 Å². The average Bonchev–Trinajstić information content (AvgIpc) is 3.73. The van der Waals surface area contributed by atoms with E-state index in [0.717, 1.165) is 108 Å². The first-order valence-electron chi connectivity index (χ1n) is 18.3. The lowest BCUT2D eigenvalue weighted by Crippen LogP contribution is -2.72. The van der Waals surface area contributed by atoms with E-state index in [4.69, 9.17) is 24.4 Å². The highest BCUT2D eigenvalue weighted by Gasteiger charge is 2.52. The number of benzene rings is 2. The predicted octanol–water partition coefficient (Wildman–Crippen LogP) is 5.03. The number of hydrogen-bond donors (Lipinski definition) is 2. The highest BCUT2D eigenvalue weighted by atomic mass is 16.5. The summed E-state index contributed by atoms with van der Waals surface area (Å²) < 4.78 is 11.7. The number of ether oxygens (including phenoxy) is 2. The van der Waals surface area contributed by atoms with Crippen molar-refractivity contribution in [3.05, 3.63) is 76.6 Å². The van der Waals surface area contributed by atoms with Crippen LogP contribution in [0.5, 0.6) is 11.8 Å². The van der Waals surface area contributed by atoms with Gasteiger partial charge < -0.3 is 25.0 Å². The monoisotopic (exact) mass is 701 g/mol. The Morgan fingerprint density at radius 1 is 0.904 bits per heavy atom. The Balaban J connectivity index is 1.02. The minimum Gasteiger partial charge on any atom is -0.481 e. The van der Waals surface area contributed by atoms with Crippen LogP contribution in [0, 0.1) is 19.3 Å². The number of nitrogens with zero attached hydrogens (tertiary/aromatic N) is 5. The van der Waals surface area contributed by atoms with Gasteiger partial charge in [-0.3, -0.25) is 19.5 Å². The van der Waals surface area contributed by atoms with Crippen LogP contribution < -0.4 is 20.1 Å². The number of aryl methyl sites for hydroxylation is 1. The molecule has 11 nitrogen and oxygen atoms in total. The van der Waals surface area contributed by atoms with Gasteiger partial charge in [0.25, 0.3) is 0 Å². The van der Waals surface area contributed by atoms with Gasteiger partial charge >= 0.3 is 0 Å². The summed E-state index contributed by atoms with van der Waals surface area (Å²) >= 11 is 0. The molecule has 2 aromatic carbocycles. The lowest BCUT2D eigenvalue weighted by atomic mass is 9.73. The van der Waals surface area contributed by atoms with E-state index in [2.05, 4.69) is 71.8 Å². The molecule has 8 rings (SSSR count). The number of aromatic nitrogens is 3. The van der Waals surface area contributed by atoms with E-state index in [9.17, 15) is 9.59 Å². The third-order valence-electron chi connectivity index (χ3n) is 11.6. The van der Waals surface area contributed by atoms with Crippen molar-refractivity contribution in [1.82, 2.24) is 35.4 Å². The van der Waals surface area contributed by atoms with Crippen LogP contribution in [0.2, 0.25) is 0 Å². The molecule has 270 valence electrons. The van der Waals surface area contributed by atoms with Crippen LogP contribution in [-0.4, -0.2) is 89.6 Å². The lowest BCUT2D eigenvalue weighted by molar-refractivity contribution is -0.157. The first-order chi connectivity index (χ1) is 25.1. The normalized spacial score (nSPS) is 20.3. The maximum absolute atomic E-state index is 11.7. The molecule has 5 heterocycles. The molecule has 2 unspecified atom stereocenters. The molecule has 52 heavy (non-hydrogen) atoms. The Bertz CT molecular complexity index is 2050. The van der Waals surface area contributed by atoms with E-state index < -0.39 is 0 Å². The van der Waals surface area contributed by atoms with Crippen molar-refractivity contribution >= 4 is 11.8 Å². The molecular weight excluding hydrogens is 654 g/mol. The fourth-order valence-electron chi connectivity index (χ4n) is 8.84. The molecule has 0 radical (unpaired) electrons. The number of methoxy groups -OCH3 is 2. The van der Waals surface area contributed by atoms with Crippen LogP contribution in [0.25, 0.3) is 33.6 Å². The van der Waals surface area contributed by atoms with Gasteiger partial charge in [0.2, 0.25) is 23.6 Å². The average molecular weight is 702 g/mol. The Labute approximate surface area is 305 Å². The Hall–Kier alpha value is -4.87. The second-order valence-electron chi connectivity index (χ2n) is 15.1. The number of nitrogens with one attached hydrogen (secondary N) is 2. The first-order valence-corrected chi connectivity index (χ1v) is 18.3. The highest BCUT2D eigenvalue weighted by molar-refractivity contribution is 5.83. The number of hydrogen-bond acceptors (Lipinski definition) is 9. The summed E-state index contributed by atoms with van der Waals surface area (Å²) in [5.74, 6) is 1.49. The van der Waals surface area contributed by atoms with Crippen LogP contribution in [0.1, 0.15) is 60.2 Å². The molecule has 3 fully saturated rings. The summed E-state index contributed by atoms with van der Waals surface area (Å²) in [6.07, 6.45) is 5.24. The maximum Gasteiger partial charge on any atom is 0.237 e. The van der Waals surface area contributed by atoms with Crippen LogP contribution in [0.15, 0.2) is 48.7 Å². The number of rotatable bonds is 10. The second-order valence-corrected chi connectivity index (χ2v) is 15.1. The molecule has 11 heteroatoms. The van der Waals surface area contributed by atoms with E-state index in [1.165, 1.54) is 5.56 Å². The minimum atomic E-state index is 0.135. The quantitative estimate of drug-likeness (QED) is 0.235. The van der Waals surface area contributed by atoms with Gasteiger partial charge in [0.1, 0.15) is 5.69 Å². The van der Waals surface area contributed by atoms with Crippen LogP contribution in [-0.2, 0) is 22.6 Å². The van der Waals surface area contributed by atoms with Crippen LogP contribution in [0.4, 0.5) is 0 Å². The zero-order valence-electron chi connectivity index (χ0n) is 30.7. The Kier molecular flexibility index (Phi) is 8.95. The fourth-order valence-corrected chi connectivity index (χ4v) is 8.84. The summed E-state index contributed by atoms with van der Waals surface area (Å²) in [6, 6.07) is 15.3. The van der Waals surface area contributed by atoms with E-state index in [0.29, 0.717) is 24.7 Å². The third kappa shape index (κ3) is 6.19. The minimum absolute atomic E-state index is 0.135. The summed E-state index contributed by atoms with van der Waals surface area (Å²) in [4.78, 5) is 42.5. The van der Waals surface area contributed by atoms with Gasteiger partial charge in [-0.2, -0.15) is 0 Å². The van der Waals surface area contributed by atoms with Gasteiger partial charge in [0.05, 0.1) is 31.8 Å². The fraction of sp³-hybridized carbons (Fsp3) is 0.439. The number of amides is 2. The first kappa shape index (κ1) is 34.2. The number of pyridine rings is 1. The Morgan fingerprint density at radius 3 is 2.19 bits per heavy atom. The molecule has 3 aliphatic heterocycles. The van der Waals surface area contributed by atoms with Crippen LogP contribution >= 0.6 is 0 Å². The molecule has 4 aromatic rings. The van der Waals surface area contributed by atoms with Crippen molar-refractivity contribution in [2.45, 2.75) is 65.1 Å². The SMILES string of the molecule is COc1nc(-c2cccc(-c3cccc(-c4cc5c(c(OC)n4)C(NCC4CCC(=O)N4)CC5)c3C)c2C)cnc1CN1CC2(C1)CN(C(C)=O)C2. The molecule has 0 bridgehead atoms. The zero-order valence-corrected chi connectivity index (χ0v) is 30.7. The summed E-state index contributed by atoms with van der Waals surface area (Å²) in [5, 5.41) is 6.73. The molecule has 2 atom stereocenters. The van der Waals surface area contributed by atoms with E-state index in [1.807, 2.05) is 11.1 Å². The van der Waals surface area contributed by atoms with Gasteiger partial charge in [0.15, 0.2) is 0 Å². The maximum atomic E-state index is 11.7. The molecular formula is C41H47N7O4. The van der Waals surface area contributed by atoms with Crippen molar-refractivity contribution in [1.29, 1.82) is 0 Å². The largest absolute Gasteiger partial charge is 0.481 e. The standard InChI is InChI=1S/C41H47N7O4/c1-24-29(8-6-10-31(24)34-16-27-12-14-33(38(27)40(45-34)52-5)42-17-28-13-15-37(50)44-28)30-9-7-11-32(25(30)2)35-18-43-36(39(46-35)51-4)19-47-20-41(21-47)22-48(23-41)26(3)49/h6-11,16,18,28,33,42H,12-15,17,19-23H2,1-5H3,(H,44,50). The van der Waals surface area contributed by atoms with Crippen molar-refractivity contribution < 1.29 is 19.1 Å². The van der Waals surface area contributed by atoms with Crippen molar-refractivity contribution in [2.24, 2.45) is 5.41 Å². The zero-order chi connectivity index (χ0) is 36.1. The number of carbonyl (C=O) groups is 2. The number of likely N-dealkylation sites (tertiary alicyclic amines) is 2. The molecule has 0 saturated carbocycles. The smallest absolute Gasteiger partial charge is 0.237 e. The van der Waals surface area contributed by atoms with Crippen LogP contribution in [0.3, 0.4) is 0 Å². The number of carbonyl (C=O) groups excluding carboxylic acids is 2. The predicted molar refractivity (Wildman–Crippen MR) is 199 cm³/mol. The van der Waals surface area contributed by atoms with Gasteiger partial charge in [-0.15, -0.1) is 0 Å². The second kappa shape index (κ2) is 13.6. The molecule has 1 aliphatic carbocycles. The topological polar surface area (TPSA) is 122 Å². The van der Waals surface area contributed by atoms with Gasteiger partial charge in [-0.05, 0) is 67.0 Å². The summed E-state index contributed by atoms with van der Waals surface area (Å²) in [7, 11) is 3.35. The van der Waals surface area contributed by atoms with Crippen molar-refractivity contribution in [3.63, 3.8) is 0 Å². The van der Waals surface area contributed by atoms with Crippen molar-refractivity contribution in [3.8, 4) is 45.4 Å². The highest BCUT2D eigenvalue weighted by Crippen LogP contribution is 2.43. The molecule has 2 N–H and O–H groups in total. The molecule has 2 aromatic heterocycles. The van der Waals surface area contributed by atoms with Gasteiger partial charge in [0, 0.05) is 86.8 Å². The summed E-state index contributed by atoms with van der Waals surface area (Å²) in [5.41, 5.74) is 11.7. The van der Waals surface area contributed by atoms with Gasteiger partial charge in [-0.1, -0.05) is 36.4 Å². The Morgan fingerprint density at radius 2 is 1.56 bits per heavy atom. The van der Waals surface area contributed by atoms with Gasteiger partial charge in [-0.25, -0.2) is 9.97 Å². The molecule has 1 spiro atoms. The number of fused-ring (bicyclic) bond motifs is 1. The summed E-state index contributed by atoms with van der Waals surface area (Å²) in [6.45, 7) is 11.0. The lowest BCUT2D eigenvalue weighted by Gasteiger charge is -2.60. The third-order valence-corrected chi connectivity index (χ3v) is 11.6. The van der Waals surface area contributed by atoms with E-state index >= 15 is 0 Å². The van der Waals surface area contributed by atoms with E-state index in [-0.39, 0.29) is 29.3 Å². The molecule has 3 saturated heterocycles. The molecule has 4 aliphatic rings. The molecule has 2 amide bonds.